The van der Waals surface area contributed by atoms with Crippen molar-refractivity contribution in [3.63, 3.8) is 0 Å². The van der Waals surface area contributed by atoms with E-state index in [1.807, 2.05) is 31.2 Å². The molecule has 1 atom stereocenters. The Morgan fingerprint density at radius 2 is 2.03 bits per heavy atom. The van der Waals surface area contributed by atoms with Crippen LogP contribution in [0.25, 0.3) is 6.08 Å². The van der Waals surface area contributed by atoms with Crippen LogP contribution in [0.1, 0.15) is 41.3 Å². The lowest BCUT2D eigenvalue weighted by Crippen LogP contribution is -2.25. The van der Waals surface area contributed by atoms with E-state index in [9.17, 15) is 9.59 Å². The molecule has 2 aliphatic heterocycles. The Morgan fingerprint density at radius 3 is 2.79 bits per heavy atom. The second-order valence-electron chi connectivity index (χ2n) is 6.90. The Hall–Kier alpha value is -3.12. The number of fused-ring (bicyclic) bond motifs is 1. The molecule has 0 saturated carbocycles. The summed E-state index contributed by atoms with van der Waals surface area (Å²) < 4.78 is 22.4. The van der Waals surface area contributed by atoms with Gasteiger partial charge in [-0.05, 0) is 51.0 Å². The average molecular weight is 394 g/mol. The van der Waals surface area contributed by atoms with Crippen molar-refractivity contribution >= 4 is 17.8 Å². The zero-order valence-corrected chi connectivity index (χ0v) is 16.4. The highest BCUT2D eigenvalue weighted by Gasteiger charge is 2.32. The average Bonchev–Trinajstić information content (AvgIpc) is 3.36. The summed E-state index contributed by atoms with van der Waals surface area (Å²) in [6.07, 6.45) is 2.64. The first-order valence-electron chi connectivity index (χ1n) is 9.71. The van der Waals surface area contributed by atoms with Crippen LogP contribution in [0, 0.1) is 6.92 Å². The van der Waals surface area contributed by atoms with Crippen molar-refractivity contribution in [3.8, 4) is 17.2 Å². The maximum atomic E-state index is 12.8. The van der Waals surface area contributed by atoms with Gasteiger partial charge in [-0.3, -0.25) is 4.79 Å². The van der Waals surface area contributed by atoms with Gasteiger partial charge in [0, 0.05) is 17.7 Å². The molecular weight excluding hydrogens is 372 g/mol. The number of benzene rings is 2. The lowest BCUT2D eigenvalue weighted by molar-refractivity contribution is -0.144. The molecule has 1 fully saturated rings. The zero-order chi connectivity index (χ0) is 20.4. The van der Waals surface area contributed by atoms with Crippen LogP contribution in [-0.4, -0.2) is 31.1 Å². The number of allylic oxidation sites excluding steroid dienone is 1. The molecule has 0 bridgehead atoms. The number of para-hydroxylation sites is 1. The van der Waals surface area contributed by atoms with Gasteiger partial charge < -0.3 is 18.9 Å². The van der Waals surface area contributed by atoms with E-state index >= 15 is 0 Å². The highest BCUT2D eigenvalue weighted by molar-refractivity contribution is 6.15. The number of carbonyl (C=O) groups excluding carboxylic acids is 2. The fourth-order valence-corrected chi connectivity index (χ4v) is 3.44. The maximum Gasteiger partial charge on any atom is 0.340 e. The van der Waals surface area contributed by atoms with Crippen LogP contribution in [0.5, 0.6) is 17.2 Å². The third-order valence-electron chi connectivity index (χ3n) is 4.95. The fraction of sp³-hybridized carbons (Fsp3) is 0.304. The highest BCUT2D eigenvalue weighted by atomic mass is 16.6. The number of hydrogen-bond acceptors (Lipinski definition) is 6. The summed E-state index contributed by atoms with van der Waals surface area (Å²) >= 11 is 0. The number of Topliss-reactive ketones (excluding diaryl/α,β-unsaturated/α-hetero) is 1. The molecule has 6 nitrogen and oxygen atoms in total. The third-order valence-corrected chi connectivity index (χ3v) is 4.95. The van der Waals surface area contributed by atoms with Crippen LogP contribution in [0.2, 0.25) is 0 Å². The van der Waals surface area contributed by atoms with Crippen LogP contribution >= 0.6 is 0 Å². The Labute approximate surface area is 169 Å². The zero-order valence-electron chi connectivity index (χ0n) is 16.4. The predicted molar refractivity (Wildman–Crippen MR) is 106 cm³/mol. The number of rotatable bonds is 5. The molecule has 2 heterocycles. The summed E-state index contributed by atoms with van der Waals surface area (Å²) in [4.78, 5) is 25.1. The van der Waals surface area contributed by atoms with E-state index in [1.165, 1.54) is 0 Å². The molecule has 29 heavy (non-hydrogen) atoms. The lowest BCUT2D eigenvalue weighted by Gasteiger charge is -2.12. The van der Waals surface area contributed by atoms with Gasteiger partial charge in [0.2, 0.25) is 5.78 Å². The number of ketones is 1. The second kappa shape index (κ2) is 8.09. The van der Waals surface area contributed by atoms with E-state index in [2.05, 4.69) is 0 Å². The van der Waals surface area contributed by atoms with E-state index in [0.717, 1.165) is 12.0 Å². The predicted octanol–water partition coefficient (Wildman–Crippen LogP) is 4.09. The quantitative estimate of drug-likeness (QED) is 0.432. The van der Waals surface area contributed by atoms with Crippen molar-refractivity contribution in [2.24, 2.45) is 0 Å². The number of ether oxygens (including phenoxy) is 4. The first-order chi connectivity index (χ1) is 14.1. The molecular formula is C23H22O6. The molecule has 0 N–H and O–H groups in total. The molecule has 1 unspecified atom stereocenters. The monoisotopic (exact) mass is 394 g/mol. The van der Waals surface area contributed by atoms with Crippen molar-refractivity contribution in [3.05, 3.63) is 58.8 Å². The minimum Gasteiger partial charge on any atom is -0.493 e. The highest BCUT2D eigenvalue weighted by Crippen LogP contribution is 2.40. The Balaban J connectivity index is 1.60. The van der Waals surface area contributed by atoms with Crippen molar-refractivity contribution < 1.29 is 28.5 Å². The molecule has 2 aromatic rings. The van der Waals surface area contributed by atoms with E-state index in [-0.39, 0.29) is 11.5 Å². The van der Waals surface area contributed by atoms with Gasteiger partial charge in [0.05, 0.1) is 12.2 Å². The van der Waals surface area contributed by atoms with Gasteiger partial charge in [-0.25, -0.2) is 4.79 Å². The molecule has 4 rings (SSSR count). The molecule has 0 aromatic heterocycles. The molecule has 6 heteroatoms. The Bertz CT molecular complexity index is 985. The fourth-order valence-electron chi connectivity index (χ4n) is 3.44. The molecule has 2 aliphatic rings. The van der Waals surface area contributed by atoms with Crippen LogP contribution in [0.3, 0.4) is 0 Å². The van der Waals surface area contributed by atoms with Crippen LogP contribution < -0.4 is 14.2 Å². The lowest BCUT2D eigenvalue weighted by atomic mass is 10.1. The summed E-state index contributed by atoms with van der Waals surface area (Å²) in [6, 6.07) is 10.7. The SMILES string of the molecule is CCOc1ccccc1/C=C1\Oc2c(ccc(OC(=O)C3CCCO3)c2C)C1=O. The minimum atomic E-state index is -0.532. The van der Waals surface area contributed by atoms with E-state index in [4.69, 9.17) is 18.9 Å². The van der Waals surface area contributed by atoms with Crippen molar-refractivity contribution in [1.82, 2.24) is 0 Å². The van der Waals surface area contributed by atoms with Gasteiger partial charge in [-0.2, -0.15) is 0 Å². The number of carbonyl (C=O) groups is 2. The maximum absolute atomic E-state index is 12.8. The third kappa shape index (κ3) is 3.76. The van der Waals surface area contributed by atoms with Gasteiger partial charge >= 0.3 is 5.97 Å². The number of esters is 1. The van der Waals surface area contributed by atoms with Crippen LogP contribution in [0.4, 0.5) is 0 Å². The van der Waals surface area contributed by atoms with Crippen molar-refractivity contribution in [1.29, 1.82) is 0 Å². The van der Waals surface area contributed by atoms with Gasteiger partial charge in [0.15, 0.2) is 11.9 Å². The van der Waals surface area contributed by atoms with Crippen molar-refractivity contribution in [2.45, 2.75) is 32.8 Å². The molecule has 0 spiro atoms. The topological polar surface area (TPSA) is 71.1 Å². The van der Waals surface area contributed by atoms with E-state index in [1.54, 1.807) is 25.1 Å². The summed E-state index contributed by atoms with van der Waals surface area (Å²) in [5.74, 6) is 1.03. The summed E-state index contributed by atoms with van der Waals surface area (Å²) in [6.45, 7) is 4.76. The first-order valence-corrected chi connectivity index (χ1v) is 9.71. The Kier molecular flexibility index (Phi) is 5.36. The van der Waals surface area contributed by atoms with Crippen LogP contribution in [-0.2, 0) is 9.53 Å². The van der Waals surface area contributed by atoms with Gasteiger partial charge in [0.1, 0.15) is 17.2 Å². The molecule has 0 radical (unpaired) electrons. The normalized spacial score (nSPS) is 19.2. The summed E-state index contributed by atoms with van der Waals surface area (Å²) in [5, 5.41) is 0. The second-order valence-corrected chi connectivity index (χ2v) is 6.90. The van der Waals surface area contributed by atoms with E-state index < -0.39 is 12.1 Å². The molecule has 0 amide bonds. The summed E-state index contributed by atoms with van der Waals surface area (Å²) in [7, 11) is 0. The van der Waals surface area contributed by atoms with Gasteiger partial charge in [0.25, 0.3) is 0 Å². The molecule has 150 valence electrons. The molecule has 1 saturated heterocycles. The largest absolute Gasteiger partial charge is 0.493 e. The molecule has 2 aromatic carbocycles. The smallest absolute Gasteiger partial charge is 0.340 e. The van der Waals surface area contributed by atoms with Crippen molar-refractivity contribution in [2.75, 3.05) is 13.2 Å². The minimum absolute atomic E-state index is 0.206. The Morgan fingerprint density at radius 1 is 1.21 bits per heavy atom. The van der Waals surface area contributed by atoms with Gasteiger partial charge in [-0.1, -0.05) is 18.2 Å². The van der Waals surface area contributed by atoms with Gasteiger partial charge in [-0.15, -0.1) is 0 Å². The number of hydrogen-bond donors (Lipinski definition) is 0. The standard InChI is InChI=1S/C23H22O6/c1-3-26-18-8-5-4-7-15(18)13-20-21(24)16-10-11-17(14(2)22(16)28-20)29-23(25)19-9-6-12-27-19/h4-5,7-8,10-11,13,19H,3,6,9,12H2,1-2H3/b20-13-. The van der Waals surface area contributed by atoms with E-state index in [0.29, 0.717) is 48.0 Å². The van der Waals surface area contributed by atoms with Crippen LogP contribution in [0.15, 0.2) is 42.2 Å². The first kappa shape index (κ1) is 19.2. The summed E-state index contributed by atoms with van der Waals surface area (Å²) in [5.41, 5.74) is 1.80. The molecule has 0 aliphatic carbocycles.